The Hall–Kier alpha value is -3.36. The number of nitrogens with one attached hydrogen (secondary N) is 1. The van der Waals surface area contributed by atoms with Crippen molar-refractivity contribution in [2.45, 2.75) is 57.7 Å². The first-order valence-corrected chi connectivity index (χ1v) is 14.1. The maximum atomic E-state index is 13.4. The van der Waals surface area contributed by atoms with Crippen LogP contribution >= 0.6 is 0 Å². The zero-order valence-corrected chi connectivity index (χ0v) is 22.3. The molecule has 1 atom stereocenters. The number of fused-ring (bicyclic) bond motifs is 1. The topological polar surface area (TPSA) is 73.0 Å². The summed E-state index contributed by atoms with van der Waals surface area (Å²) in [5.41, 5.74) is 6.86. The second kappa shape index (κ2) is 11.0. The Bertz CT molecular complexity index is 1310. The zero-order chi connectivity index (χ0) is 26.9. The van der Waals surface area contributed by atoms with Gasteiger partial charge in [-0.05, 0) is 72.6 Å². The van der Waals surface area contributed by atoms with Crippen molar-refractivity contribution in [3.05, 3.63) is 76.1 Å². The monoisotopic (exact) mass is 530 g/mol. The Morgan fingerprint density at radius 1 is 0.846 bits per heavy atom. The minimum Gasteiger partial charge on any atom is -0.322 e. The van der Waals surface area contributed by atoms with Gasteiger partial charge in [0.2, 0.25) is 11.8 Å². The Morgan fingerprint density at radius 3 is 2.31 bits per heavy atom. The molecule has 6 rings (SSSR count). The molecule has 2 fully saturated rings. The van der Waals surface area contributed by atoms with Crippen molar-refractivity contribution >= 4 is 23.3 Å². The molecule has 0 radical (unpaired) electrons. The van der Waals surface area contributed by atoms with Gasteiger partial charge in [0.1, 0.15) is 11.9 Å². The Kier molecular flexibility index (Phi) is 7.32. The molecule has 1 unspecified atom stereocenters. The molecule has 3 heterocycles. The van der Waals surface area contributed by atoms with Crippen LogP contribution in [0.2, 0.25) is 0 Å². The number of piperazine rings is 1. The van der Waals surface area contributed by atoms with Gasteiger partial charge in [-0.3, -0.25) is 29.5 Å². The van der Waals surface area contributed by atoms with Gasteiger partial charge in [0.15, 0.2) is 0 Å². The highest BCUT2D eigenvalue weighted by atomic mass is 19.1. The Morgan fingerprint density at radius 2 is 1.56 bits per heavy atom. The molecule has 2 saturated heterocycles. The number of piperidine rings is 1. The number of hydrogen-bond donors (Lipinski definition) is 1. The molecule has 8 heteroatoms. The Balaban J connectivity index is 1.05. The minimum absolute atomic E-state index is 0.128. The van der Waals surface area contributed by atoms with E-state index in [4.69, 9.17) is 0 Å². The lowest BCUT2D eigenvalue weighted by Crippen LogP contribution is -2.52. The quantitative estimate of drug-likeness (QED) is 0.577. The van der Waals surface area contributed by atoms with Gasteiger partial charge < -0.3 is 4.90 Å². The third-order valence-electron chi connectivity index (χ3n) is 8.65. The SMILES string of the molecule is O=C1CCC(N2Cc3cc(CN4CCN(CC5=C(c6ccc(F)cc6)CCCC5)CC4)ccc3C2=O)C(=O)N1. The summed E-state index contributed by atoms with van der Waals surface area (Å²) in [7, 11) is 0. The van der Waals surface area contributed by atoms with Crippen LogP contribution in [0.25, 0.3) is 5.57 Å². The molecule has 0 bridgehead atoms. The second-order valence-corrected chi connectivity index (χ2v) is 11.2. The van der Waals surface area contributed by atoms with Crippen LogP contribution in [-0.4, -0.2) is 71.2 Å². The Labute approximate surface area is 228 Å². The lowest BCUT2D eigenvalue weighted by molar-refractivity contribution is -0.136. The highest BCUT2D eigenvalue weighted by molar-refractivity contribution is 6.05. The molecule has 1 N–H and O–H groups in total. The molecule has 7 nitrogen and oxygen atoms in total. The third-order valence-corrected chi connectivity index (χ3v) is 8.65. The fraction of sp³-hybridized carbons (Fsp3) is 0.452. The summed E-state index contributed by atoms with van der Waals surface area (Å²) in [6, 6.07) is 12.4. The van der Waals surface area contributed by atoms with Gasteiger partial charge in [0, 0.05) is 57.8 Å². The van der Waals surface area contributed by atoms with Gasteiger partial charge in [0.25, 0.3) is 5.91 Å². The number of imide groups is 1. The number of carbonyl (C=O) groups excluding carboxylic acids is 3. The average Bonchev–Trinajstić information content (AvgIpc) is 3.26. The lowest BCUT2D eigenvalue weighted by atomic mass is 9.87. The summed E-state index contributed by atoms with van der Waals surface area (Å²) < 4.78 is 13.4. The van der Waals surface area contributed by atoms with Crippen molar-refractivity contribution in [2.24, 2.45) is 0 Å². The highest BCUT2D eigenvalue weighted by Crippen LogP contribution is 2.33. The first-order valence-electron chi connectivity index (χ1n) is 14.1. The maximum Gasteiger partial charge on any atom is 0.255 e. The van der Waals surface area contributed by atoms with Crippen molar-refractivity contribution in [2.75, 3.05) is 32.7 Å². The first-order chi connectivity index (χ1) is 18.9. The molecule has 204 valence electrons. The summed E-state index contributed by atoms with van der Waals surface area (Å²) >= 11 is 0. The number of benzene rings is 2. The second-order valence-electron chi connectivity index (χ2n) is 11.2. The number of amides is 3. The van der Waals surface area contributed by atoms with Gasteiger partial charge in [-0.25, -0.2) is 4.39 Å². The molecule has 1 aliphatic carbocycles. The van der Waals surface area contributed by atoms with E-state index in [0.717, 1.165) is 63.2 Å². The van der Waals surface area contributed by atoms with Crippen LogP contribution in [0.4, 0.5) is 4.39 Å². The largest absolute Gasteiger partial charge is 0.322 e. The molecule has 0 spiro atoms. The molecule has 2 aromatic rings. The normalized spacial score (nSPS) is 22.8. The van der Waals surface area contributed by atoms with Crippen molar-refractivity contribution in [1.82, 2.24) is 20.0 Å². The number of carbonyl (C=O) groups is 3. The standard InChI is InChI=1S/C31H35FN4O3/c32-25-8-6-22(7-9-25)26-4-2-1-3-23(26)19-35-15-13-34(14-16-35)18-21-5-10-27-24(17-21)20-36(31(27)39)28-11-12-29(37)33-30(28)38/h5-10,17,28H,1-4,11-16,18-20H2,(H,33,37,38). The van der Waals surface area contributed by atoms with Gasteiger partial charge in [-0.15, -0.1) is 0 Å². The maximum absolute atomic E-state index is 13.4. The minimum atomic E-state index is -0.582. The van der Waals surface area contributed by atoms with E-state index in [1.165, 1.54) is 29.6 Å². The number of allylic oxidation sites excluding steroid dienone is 1. The summed E-state index contributed by atoms with van der Waals surface area (Å²) in [6.45, 7) is 6.21. The molecular weight excluding hydrogens is 495 g/mol. The summed E-state index contributed by atoms with van der Waals surface area (Å²) in [4.78, 5) is 43.4. The van der Waals surface area contributed by atoms with E-state index in [9.17, 15) is 18.8 Å². The fourth-order valence-electron chi connectivity index (χ4n) is 6.50. The molecule has 3 aliphatic heterocycles. The van der Waals surface area contributed by atoms with Crippen molar-refractivity contribution in [3.63, 3.8) is 0 Å². The molecule has 4 aliphatic rings. The van der Waals surface area contributed by atoms with Crippen LogP contribution in [0.5, 0.6) is 0 Å². The molecule has 39 heavy (non-hydrogen) atoms. The van der Waals surface area contributed by atoms with E-state index in [-0.39, 0.29) is 30.0 Å². The molecule has 0 saturated carbocycles. The van der Waals surface area contributed by atoms with Gasteiger partial charge in [-0.1, -0.05) is 29.8 Å². The summed E-state index contributed by atoms with van der Waals surface area (Å²) in [6.07, 6.45) is 5.26. The number of nitrogens with zero attached hydrogens (tertiary/aromatic N) is 3. The fourth-order valence-corrected chi connectivity index (χ4v) is 6.50. The lowest BCUT2D eigenvalue weighted by Gasteiger charge is -2.36. The van der Waals surface area contributed by atoms with Crippen LogP contribution in [0.15, 0.2) is 48.0 Å². The third kappa shape index (κ3) is 5.54. The molecular formula is C31H35FN4O3. The number of hydrogen-bond acceptors (Lipinski definition) is 5. The van der Waals surface area contributed by atoms with Gasteiger partial charge >= 0.3 is 0 Å². The number of halogens is 1. The van der Waals surface area contributed by atoms with E-state index in [0.29, 0.717) is 18.5 Å². The van der Waals surface area contributed by atoms with Crippen LogP contribution in [-0.2, 0) is 22.7 Å². The van der Waals surface area contributed by atoms with Crippen LogP contribution < -0.4 is 5.32 Å². The molecule has 2 aromatic carbocycles. The van der Waals surface area contributed by atoms with Crippen LogP contribution in [0.3, 0.4) is 0 Å². The van der Waals surface area contributed by atoms with E-state index in [2.05, 4.69) is 21.2 Å². The summed E-state index contributed by atoms with van der Waals surface area (Å²) in [5.74, 6) is -0.961. The smallest absolute Gasteiger partial charge is 0.255 e. The highest BCUT2D eigenvalue weighted by Gasteiger charge is 2.39. The predicted octanol–water partition coefficient (Wildman–Crippen LogP) is 3.73. The van der Waals surface area contributed by atoms with E-state index in [1.54, 1.807) is 17.0 Å². The van der Waals surface area contributed by atoms with Gasteiger partial charge in [-0.2, -0.15) is 0 Å². The molecule has 0 aromatic heterocycles. The van der Waals surface area contributed by atoms with Crippen LogP contribution in [0, 0.1) is 5.82 Å². The van der Waals surface area contributed by atoms with Crippen molar-refractivity contribution in [3.8, 4) is 0 Å². The molecule has 3 amide bonds. The van der Waals surface area contributed by atoms with Gasteiger partial charge in [0.05, 0.1) is 0 Å². The van der Waals surface area contributed by atoms with E-state index < -0.39 is 6.04 Å². The van der Waals surface area contributed by atoms with Crippen molar-refractivity contribution < 1.29 is 18.8 Å². The summed E-state index contributed by atoms with van der Waals surface area (Å²) in [5, 5.41) is 2.36. The first kappa shape index (κ1) is 25.9. The van der Waals surface area contributed by atoms with Crippen molar-refractivity contribution in [1.29, 1.82) is 0 Å². The van der Waals surface area contributed by atoms with Crippen LogP contribution in [0.1, 0.15) is 65.6 Å². The zero-order valence-electron chi connectivity index (χ0n) is 22.3. The van der Waals surface area contributed by atoms with E-state index in [1.807, 2.05) is 24.3 Å². The predicted molar refractivity (Wildman–Crippen MR) is 146 cm³/mol. The number of rotatable bonds is 6. The average molecular weight is 531 g/mol. The van der Waals surface area contributed by atoms with E-state index >= 15 is 0 Å².